The summed E-state index contributed by atoms with van der Waals surface area (Å²) in [5.41, 5.74) is 1.29. The first-order valence-corrected chi connectivity index (χ1v) is 4.19. The van der Waals surface area contributed by atoms with E-state index in [4.69, 9.17) is 5.73 Å². The first kappa shape index (κ1) is 13.5. The smallest absolute Gasteiger partial charge is 0.420 e. The van der Waals surface area contributed by atoms with Crippen molar-refractivity contribution in [3.8, 4) is 5.75 Å². The van der Waals surface area contributed by atoms with Gasteiger partial charge in [0.25, 0.3) is 0 Å². The van der Waals surface area contributed by atoms with Gasteiger partial charge in [-0.15, -0.1) is 0 Å². The van der Waals surface area contributed by atoms with Crippen LogP contribution in [-0.4, -0.2) is 7.11 Å². The second-order valence-electron chi connectivity index (χ2n) is 3.14. The van der Waals surface area contributed by atoms with E-state index in [1.54, 1.807) is 0 Å². The number of alkyl halides is 6. The zero-order chi connectivity index (χ0) is 13.4. The van der Waals surface area contributed by atoms with Crippen molar-refractivity contribution in [3.63, 3.8) is 0 Å². The molecule has 1 aromatic carbocycles. The topological polar surface area (TPSA) is 35.2 Å². The number of benzene rings is 1. The van der Waals surface area contributed by atoms with Gasteiger partial charge in [-0.25, -0.2) is 0 Å². The van der Waals surface area contributed by atoms with Gasteiger partial charge in [0.05, 0.1) is 7.11 Å². The molecular formula is C9H7F6NO. The molecule has 8 heteroatoms. The van der Waals surface area contributed by atoms with Gasteiger partial charge in [-0.1, -0.05) is 0 Å². The van der Waals surface area contributed by atoms with Crippen LogP contribution in [0.15, 0.2) is 12.1 Å². The summed E-state index contributed by atoms with van der Waals surface area (Å²) in [6.45, 7) is 0. The van der Waals surface area contributed by atoms with E-state index in [2.05, 4.69) is 4.74 Å². The number of ether oxygens (including phenoxy) is 1. The van der Waals surface area contributed by atoms with Crippen LogP contribution in [0.25, 0.3) is 0 Å². The minimum atomic E-state index is -4.97. The molecule has 0 aromatic heterocycles. The molecule has 2 nitrogen and oxygen atoms in total. The largest absolute Gasteiger partial charge is 0.495 e. The average molecular weight is 259 g/mol. The fraction of sp³-hybridized carbons (Fsp3) is 0.333. The maximum absolute atomic E-state index is 12.5. The normalized spacial score (nSPS) is 12.6. The van der Waals surface area contributed by atoms with Crippen molar-refractivity contribution in [1.29, 1.82) is 0 Å². The predicted octanol–water partition coefficient (Wildman–Crippen LogP) is 3.32. The quantitative estimate of drug-likeness (QED) is 0.620. The number of nitrogens with two attached hydrogens (primary N) is 1. The molecule has 0 saturated carbocycles. The molecule has 96 valence electrons. The molecule has 0 aliphatic heterocycles. The summed E-state index contributed by atoms with van der Waals surface area (Å²) >= 11 is 0. The molecule has 2 N–H and O–H groups in total. The Morgan fingerprint density at radius 2 is 1.29 bits per heavy atom. The van der Waals surface area contributed by atoms with Gasteiger partial charge in [-0.05, 0) is 12.1 Å². The Labute approximate surface area is 92.0 Å². The highest BCUT2D eigenvalue weighted by molar-refractivity contribution is 5.55. The Kier molecular flexibility index (Phi) is 3.17. The summed E-state index contributed by atoms with van der Waals surface area (Å²) in [7, 11) is 0.732. The molecular weight excluding hydrogens is 252 g/mol. The fourth-order valence-corrected chi connectivity index (χ4v) is 1.29. The molecule has 0 unspecified atom stereocenters. The minimum Gasteiger partial charge on any atom is -0.495 e. The van der Waals surface area contributed by atoms with Gasteiger partial charge in [0.2, 0.25) is 0 Å². The summed E-state index contributed by atoms with van der Waals surface area (Å²) in [5.74, 6) is -1.28. The fourth-order valence-electron chi connectivity index (χ4n) is 1.29. The lowest BCUT2D eigenvalue weighted by molar-refractivity contribution is -0.145. The van der Waals surface area contributed by atoms with Gasteiger partial charge in [0.1, 0.15) is 16.9 Å². The van der Waals surface area contributed by atoms with E-state index in [0.29, 0.717) is 12.1 Å². The van der Waals surface area contributed by atoms with Crippen LogP contribution in [0.4, 0.5) is 32.0 Å². The van der Waals surface area contributed by atoms with Crippen molar-refractivity contribution in [3.05, 3.63) is 23.3 Å². The molecule has 0 bridgehead atoms. The van der Waals surface area contributed by atoms with Gasteiger partial charge in [-0.2, -0.15) is 26.3 Å². The van der Waals surface area contributed by atoms with E-state index in [0.717, 1.165) is 7.11 Å². The monoisotopic (exact) mass is 259 g/mol. The van der Waals surface area contributed by atoms with Gasteiger partial charge < -0.3 is 10.5 Å². The van der Waals surface area contributed by atoms with Crippen LogP contribution >= 0.6 is 0 Å². The zero-order valence-electron chi connectivity index (χ0n) is 8.41. The van der Waals surface area contributed by atoms with Gasteiger partial charge >= 0.3 is 12.4 Å². The van der Waals surface area contributed by atoms with E-state index in [-0.39, 0.29) is 0 Å². The molecule has 0 amide bonds. The van der Waals surface area contributed by atoms with Crippen molar-refractivity contribution >= 4 is 5.69 Å². The molecule has 0 heterocycles. The lowest BCUT2D eigenvalue weighted by atomic mass is 10.1. The van der Waals surface area contributed by atoms with E-state index in [1.807, 2.05) is 0 Å². The van der Waals surface area contributed by atoms with Crippen molar-refractivity contribution in [2.75, 3.05) is 12.8 Å². The molecule has 17 heavy (non-hydrogen) atoms. The third-order valence-electron chi connectivity index (χ3n) is 1.93. The number of anilines is 1. The van der Waals surface area contributed by atoms with E-state index in [9.17, 15) is 26.3 Å². The molecule has 0 aliphatic rings. The zero-order valence-corrected chi connectivity index (χ0v) is 8.41. The highest BCUT2D eigenvalue weighted by atomic mass is 19.4. The van der Waals surface area contributed by atoms with Crippen LogP contribution in [0.1, 0.15) is 11.1 Å². The lowest BCUT2D eigenvalue weighted by Crippen LogP contribution is -2.15. The molecule has 0 saturated heterocycles. The molecule has 0 spiro atoms. The van der Waals surface area contributed by atoms with Crippen molar-refractivity contribution in [2.24, 2.45) is 0 Å². The van der Waals surface area contributed by atoms with Gasteiger partial charge in [0.15, 0.2) is 0 Å². The first-order valence-electron chi connectivity index (χ1n) is 4.19. The van der Waals surface area contributed by atoms with E-state index < -0.39 is 34.9 Å². The van der Waals surface area contributed by atoms with E-state index >= 15 is 0 Å². The maximum Gasteiger partial charge on any atom is 0.420 e. The SMILES string of the molecule is COc1c(C(F)(F)F)cc(N)cc1C(F)(F)F. The Morgan fingerprint density at radius 3 is 1.53 bits per heavy atom. The molecule has 0 aliphatic carbocycles. The second-order valence-corrected chi connectivity index (χ2v) is 3.14. The van der Waals surface area contributed by atoms with Crippen molar-refractivity contribution in [2.45, 2.75) is 12.4 Å². The van der Waals surface area contributed by atoms with E-state index in [1.165, 1.54) is 0 Å². The number of rotatable bonds is 1. The number of hydrogen-bond acceptors (Lipinski definition) is 2. The van der Waals surface area contributed by atoms with Crippen LogP contribution < -0.4 is 10.5 Å². The Bertz CT molecular complexity index is 387. The van der Waals surface area contributed by atoms with Crippen LogP contribution in [0, 0.1) is 0 Å². The number of hydrogen-bond donors (Lipinski definition) is 1. The molecule has 1 aromatic rings. The summed E-state index contributed by atoms with van der Waals surface area (Å²) in [5, 5.41) is 0. The predicted molar refractivity (Wildman–Crippen MR) is 47.4 cm³/mol. The summed E-state index contributed by atoms with van der Waals surface area (Å²) < 4.78 is 79.1. The Morgan fingerprint density at radius 1 is 0.941 bits per heavy atom. The number of methoxy groups -OCH3 is 1. The highest BCUT2D eigenvalue weighted by Gasteiger charge is 2.42. The van der Waals surface area contributed by atoms with Crippen LogP contribution in [0.2, 0.25) is 0 Å². The second kappa shape index (κ2) is 4.01. The molecule has 0 radical (unpaired) electrons. The molecule has 0 fully saturated rings. The lowest BCUT2D eigenvalue weighted by Gasteiger charge is -2.18. The van der Waals surface area contributed by atoms with Gasteiger partial charge in [-0.3, -0.25) is 0 Å². The van der Waals surface area contributed by atoms with Crippen LogP contribution in [0.5, 0.6) is 5.75 Å². The summed E-state index contributed by atoms with van der Waals surface area (Å²) in [6.07, 6.45) is -9.94. The number of halogens is 6. The van der Waals surface area contributed by atoms with Gasteiger partial charge in [0, 0.05) is 5.69 Å². The summed E-state index contributed by atoms with van der Waals surface area (Å²) in [6, 6.07) is 0.794. The molecule has 1 rings (SSSR count). The summed E-state index contributed by atoms with van der Waals surface area (Å²) in [4.78, 5) is 0. The standard InChI is InChI=1S/C9H7F6NO/c1-17-7-5(8(10,11)12)2-4(16)3-6(7)9(13,14)15/h2-3H,16H2,1H3. The molecule has 0 atom stereocenters. The Balaban J connectivity index is 3.58. The van der Waals surface area contributed by atoms with Crippen LogP contribution in [-0.2, 0) is 12.4 Å². The third kappa shape index (κ3) is 2.75. The van der Waals surface area contributed by atoms with Crippen molar-refractivity contribution < 1.29 is 31.1 Å². The number of nitrogen functional groups attached to an aromatic ring is 1. The van der Waals surface area contributed by atoms with Crippen LogP contribution in [0.3, 0.4) is 0 Å². The first-order chi connectivity index (χ1) is 7.57. The van der Waals surface area contributed by atoms with Crippen molar-refractivity contribution in [1.82, 2.24) is 0 Å². The Hall–Kier alpha value is -1.60. The minimum absolute atomic E-state index is 0.397. The average Bonchev–Trinajstić information content (AvgIpc) is 2.13. The highest BCUT2D eigenvalue weighted by Crippen LogP contribution is 2.45. The maximum atomic E-state index is 12.5. The third-order valence-corrected chi connectivity index (χ3v) is 1.93.